The van der Waals surface area contributed by atoms with E-state index >= 15 is 0 Å². The van der Waals surface area contributed by atoms with Gasteiger partial charge in [0.05, 0.1) is 21.3 Å². The molecule has 7 heteroatoms. The van der Waals surface area contributed by atoms with Gasteiger partial charge in [0.25, 0.3) is 0 Å². The Labute approximate surface area is 198 Å². The normalized spacial score (nSPS) is 20.5. The Kier molecular flexibility index (Phi) is 6.04. The average Bonchev–Trinajstić information content (AvgIpc) is 3.25. The van der Waals surface area contributed by atoms with Gasteiger partial charge < -0.3 is 18.9 Å². The number of esters is 3. The summed E-state index contributed by atoms with van der Waals surface area (Å²) in [5.74, 6) is -1.30. The highest BCUT2D eigenvalue weighted by Crippen LogP contribution is 2.61. The third-order valence-corrected chi connectivity index (χ3v) is 6.61. The first-order valence-electron chi connectivity index (χ1n) is 10.8. The maximum absolute atomic E-state index is 13.5. The van der Waals surface area contributed by atoms with Gasteiger partial charge in [-0.1, -0.05) is 54.6 Å². The fourth-order valence-electron chi connectivity index (χ4n) is 4.95. The maximum atomic E-state index is 13.5. The van der Waals surface area contributed by atoms with Crippen LogP contribution in [0.2, 0.25) is 0 Å². The van der Waals surface area contributed by atoms with Crippen molar-refractivity contribution >= 4 is 29.4 Å². The van der Waals surface area contributed by atoms with E-state index in [0.717, 1.165) is 11.1 Å². The van der Waals surface area contributed by atoms with Gasteiger partial charge in [-0.15, -0.1) is 0 Å². The van der Waals surface area contributed by atoms with Crippen LogP contribution < -0.4 is 0 Å². The lowest BCUT2D eigenvalue weighted by Gasteiger charge is -2.33. The van der Waals surface area contributed by atoms with Crippen LogP contribution in [0, 0.1) is 17.8 Å². The van der Waals surface area contributed by atoms with Crippen molar-refractivity contribution in [2.75, 3.05) is 21.3 Å². The van der Waals surface area contributed by atoms with Crippen LogP contribution in [0.3, 0.4) is 0 Å². The molecule has 0 amide bonds. The molecule has 0 N–H and O–H groups in total. The monoisotopic (exact) mass is 462 g/mol. The van der Waals surface area contributed by atoms with Gasteiger partial charge in [0.2, 0.25) is 0 Å². The van der Waals surface area contributed by atoms with Gasteiger partial charge in [0.1, 0.15) is 16.9 Å². The topological polar surface area (TPSA) is 88.1 Å². The molecule has 1 heterocycles. The summed E-state index contributed by atoms with van der Waals surface area (Å²) in [5.41, 5.74) is -0.261. The minimum atomic E-state index is -1.73. The molecule has 176 valence electrons. The van der Waals surface area contributed by atoms with Crippen molar-refractivity contribution in [1.29, 1.82) is 0 Å². The lowest BCUT2D eigenvalue weighted by atomic mass is 9.76. The number of carbonyl (C=O) groups excluding carboxylic acids is 3. The van der Waals surface area contributed by atoms with Crippen molar-refractivity contribution < 1.29 is 33.3 Å². The van der Waals surface area contributed by atoms with Crippen molar-refractivity contribution in [3.63, 3.8) is 0 Å². The Hall–Kier alpha value is -3.87. The van der Waals surface area contributed by atoms with Gasteiger partial charge in [0, 0.05) is 17.5 Å². The first-order valence-corrected chi connectivity index (χ1v) is 10.8. The Balaban J connectivity index is 2.04. The molecule has 1 atom stereocenters. The number of rotatable bonds is 5. The van der Waals surface area contributed by atoms with Crippen molar-refractivity contribution in [1.82, 2.24) is 0 Å². The molecule has 1 unspecified atom stereocenters. The van der Waals surface area contributed by atoms with Crippen LogP contribution in [0.25, 0.3) is 11.5 Å². The molecule has 1 aliphatic carbocycles. The van der Waals surface area contributed by atoms with E-state index in [1.54, 1.807) is 6.08 Å². The lowest BCUT2D eigenvalue weighted by Crippen LogP contribution is -2.41. The van der Waals surface area contributed by atoms with E-state index in [1.807, 2.05) is 61.5 Å². The predicted molar refractivity (Wildman–Crippen MR) is 124 cm³/mol. The molecule has 34 heavy (non-hydrogen) atoms. The van der Waals surface area contributed by atoms with E-state index in [9.17, 15) is 14.4 Å². The fraction of sp³-hybridized carbons (Fsp3) is 0.296. The molecule has 7 nitrogen and oxygen atoms in total. The molecule has 0 bridgehead atoms. The van der Waals surface area contributed by atoms with E-state index in [1.165, 1.54) is 21.3 Å². The fourth-order valence-corrected chi connectivity index (χ4v) is 4.95. The Morgan fingerprint density at radius 2 is 1.41 bits per heavy atom. The summed E-state index contributed by atoms with van der Waals surface area (Å²) >= 11 is 0. The average molecular weight is 462 g/mol. The molecule has 1 aliphatic heterocycles. The zero-order valence-corrected chi connectivity index (χ0v) is 19.5. The lowest BCUT2D eigenvalue weighted by molar-refractivity contribution is -0.169. The minimum Gasteiger partial charge on any atom is -0.468 e. The van der Waals surface area contributed by atoms with Crippen molar-refractivity contribution in [2.24, 2.45) is 10.8 Å². The highest BCUT2D eigenvalue weighted by atomic mass is 16.5. The van der Waals surface area contributed by atoms with E-state index in [0.29, 0.717) is 22.7 Å². The van der Waals surface area contributed by atoms with E-state index < -0.39 is 28.7 Å². The number of hydrogen-bond donors (Lipinski definition) is 0. The smallest absolute Gasteiger partial charge is 0.323 e. The van der Waals surface area contributed by atoms with Crippen LogP contribution >= 0.6 is 0 Å². The predicted octanol–water partition coefficient (Wildman–Crippen LogP) is 4.06. The largest absolute Gasteiger partial charge is 0.468 e. The second-order valence-electron chi connectivity index (χ2n) is 8.48. The number of aryl methyl sites for hydroxylation is 1. The molecular weight excluding hydrogens is 436 g/mol. The maximum Gasteiger partial charge on any atom is 0.323 e. The third kappa shape index (κ3) is 3.48. The van der Waals surface area contributed by atoms with Gasteiger partial charge in [0.15, 0.2) is 5.41 Å². The van der Waals surface area contributed by atoms with Gasteiger partial charge in [-0.3, -0.25) is 14.4 Å². The summed E-state index contributed by atoms with van der Waals surface area (Å²) in [7, 11) is 3.69. The summed E-state index contributed by atoms with van der Waals surface area (Å²) < 4.78 is 21.7. The van der Waals surface area contributed by atoms with Crippen LogP contribution in [-0.4, -0.2) is 39.2 Å². The summed E-state index contributed by atoms with van der Waals surface area (Å²) in [4.78, 5) is 39.5. The number of methoxy groups -OCH3 is 3. The van der Waals surface area contributed by atoms with Crippen molar-refractivity contribution in [3.05, 3.63) is 82.9 Å². The van der Waals surface area contributed by atoms with Crippen LogP contribution in [0.1, 0.15) is 29.5 Å². The molecule has 4 rings (SSSR count). The van der Waals surface area contributed by atoms with Gasteiger partial charge in [-0.25, -0.2) is 0 Å². The molecular formula is C27H26O7. The standard InChI is InChI=1S/C27H26O7/c1-17-10-8-9-13-19(17)21-15-26(23(28)31-2)16-27(24(29)32-3,25(30)33-4)14-20(26)22(34-21)18-11-6-5-7-12-18/h5-13,15H,14,16H2,1-4H3. The van der Waals surface area contributed by atoms with Gasteiger partial charge in [-0.2, -0.15) is 0 Å². The quantitative estimate of drug-likeness (QED) is 0.376. The number of fused-ring (bicyclic) bond motifs is 1. The van der Waals surface area contributed by atoms with Crippen LogP contribution in [0.5, 0.6) is 0 Å². The third-order valence-electron chi connectivity index (χ3n) is 6.61. The van der Waals surface area contributed by atoms with Crippen LogP contribution in [0.15, 0.2) is 66.2 Å². The second-order valence-corrected chi connectivity index (χ2v) is 8.48. The Morgan fingerprint density at radius 1 is 0.824 bits per heavy atom. The van der Waals surface area contributed by atoms with E-state index in [2.05, 4.69) is 0 Å². The Morgan fingerprint density at radius 3 is 2.00 bits per heavy atom. The van der Waals surface area contributed by atoms with E-state index in [4.69, 9.17) is 18.9 Å². The zero-order chi connectivity index (χ0) is 24.5. The Bertz CT molecular complexity index is 1190. The van der Waals surface area contributed by atoms with Crippen LogP contribution in [-0.2, 0) is 33.3 Å². The van der Waals surface area contributed by atoms with Crippen molar-refractivity contribution in [3.8, 4) is 0 Å². The second kappa shape index (κ2) is 8.82. The molecule has 2 aromatic rings. The summed E-state index contributed by atoms with van der Waals surface area (Å²) in [5, 5.41) is 0. The highest BCUT2D eigenvalue weighted by molar-refractivity contribution is 6.05. The molecule has 2 aliphatic rings. The molecule has 2 aromatic carbocycles. The minimum absolute atomic E-state index is 0.108. The van der Waals surface area contributed by atoms with E-state index in [-0.39, 0.29) is 12.8 Å². The van der Waals surface area contributed by atoms with Gasteiger partial charge in [-0.05, 0) is 30.6 Å². The SMILES string of the molecule is COC(=O)C12C=C(c3ccccc3C)OC(c3ccccc3)=C1CC(C(=O)OC)(C(=O)OC)C2. The molecule has 0 spiro atoms. The molecule has 0 saturated heterocycles. The molecule has 0 radical (unpaired) electrons. The number of ether oxygens (including phenoxy) is 4. The summed E-state index contributed by atoms with van der Waals surface area (Å²) in [6, 6.07) is 16.9. The molecule has 1 saturated carbocycles. The first-order chi connectivity index (χ1) is 16.3. The van der Waals surface area contributed by atoms with Gasteiger partial charge >= 0.3 is 17.9 Å². The summed E-state index contributed by atoms with van der Waals surface area (Å²) in [6.45, 7) is 1.94. The molecule has 0 aromatic heterocycles. The van der Waals surface area contributed by atoms with Crippen molar-refractivity contribution in [2.45, 2.75) is 19.8 Å². The first kappa shape index (κ1) is 23.3. The summed E-state index contributed by atoms with van der Waals surface area (Å²) in [6.07, 6.45) is 1.36. The number of carbonyl (C=O) groups is 3. The van der Waals surface area contributed by atoms with Crippen LogP contribution in [0.4, 0.5) is 0 Å². The zero-order valence-electron chi connectivity index (χ0n) is 19.5. The molecule has 1 fully saturated rings. The number of benzene rings is 2. The highest BCUT2D eigenvalue weighted by Gasteiger charge is 2.66. The number of hydrogen-bond acceptors (Lipinski definition) is 7.